The highest BCUT2D eigenvalue weighted by atomic mass is 32.2. The Morgan fingerprint density at radius 2 is 1.86 bits per heavy atom. The number of hydrogen-bond acceptors (Lipinski definition) is 9. The predicted molar refractivity (Wildman–Crippen MR) is 159 cm³/mol. The van der Waals surface area contributed by atoms with Crippen molar-refractivity contribution in [2.24, 2.45) is 0 Å². The first-order valence-electron chi connectivity index (χ1n) is 13.1. The molecule has 1 aliphatic rings. The van der Waals surface area contributed by atoms with Gasteiger partial charge in [0.25, 0.3) is 16.0 Å². The molecule has 0 aromatic heterocycles. The van der Waals surface area contributed by atoms with Gasteiger partial charge in [-0.1, -0.05) is 18.2 Å². The summed E-state index contributed by atoms with van der Waals surface area (Å²) in [5.41, 5.74) is 2.17. The van der Waals surface area contributed by atoms with Crippen LogP contribution in [0.4, 0.5) is 4.39 Å². The van der Waals surface area contributed by atoms with Gasteiger partial charge in [0.1, 0.15) is 5.82 Å². The van der Waals surface area contributed by atoms with Crippen molar-refractivity contribution < 1.29 is 36.0 Å². The summed E-state index contributed by atoms with van der Waals surface area (Å²) in [6.07, 6.45) is 3.50. The molecule has 1 N–H and O–H groups in total. The van der Waals surface area contributed by atoms with Crippen molar-refractivity contribution in [2.75, 3.05) is 33.3 Å². The van der Waals surface area contributed by atoms with Crippen LogP contribution in [0.25, 0.3) is 11.1 Å². The molecule has 1 atom stereocenters. The second-order valence-electron chi connectivity index (χ2n) is 9.50. The van der Waals surface area contributed by atoms with Gasteiger partial charge in [0.2, 0.25) is 5.75 Å². The Kier molecular flexibility index (Phi) is 9.80. The van der Waals surface area contributed by atoms with Gasteiger partial charge in [-0.05, 0) is 67.0 Å². The van der Waals surface area contributed by atoms with Gasteiger partial charge in [-0.15, -0.1) is 11.8 Å². The third-order valence-electron chi connectivity index (χ3n) is 6.86. The Hall–Kier alpha value is -3.61. The van der Waals surface area contributed by atoms with Gasteiger partial charge in [0.05, 0.1) is 50.2 Å². The van der Waals surface area contributed by atoms with Gasteiger partial charge in [-0.3, -0.25) is 13.8 Å². The molecule has 4 rings (SSSR count). The number of fused-ring (bicyclic) bond motifs is 3. The van der Waals surface area contributed by atoms with E-state index in [0.29, 0.717) is 58.3 Å². The van der Waals surface area contributed by atoms with Crippen LogP contribution in [-0.4, -0.2) is 47.7 Å². The number of ether oxygens (including phenoxy) is 3. The molecule has 42 heavy (non-hydrogen) atoms. The lowest BCUT2D eigenvalue weighted by Gasteiger charge is -2.20. The van der Waals surface area contributed by atoms with E-state index in [4.69, 9.17) is 18.4 Å². The Bertz CT molecular complexity index is 1680. The number of nitrogens with one attached hydrogen (secondary N) is 1. The van der Waals surface area contributed by atoms with Crippen molar-refractivity contribution >= 4 is 27.8 Å². The summed E-state index contributed by atoms with van der Waals surface area (Å²) in [5, 5.41) is 2.90. The second-order valence-corrected chi connectivity index (χ2v) is 12.0. The SMILES string of the molecule is CCOc1cc2c(c(OC)c1OC)-c1ccc(SC)c(=O)cc1C(NC(=O)c1cccc(COS(C)(=O)=O)c1F)CC2. The number of hydrogen-bond donors (Lipinski definition) is 1. The fourth-order valence-corrected chi connectivity index (χ4v) is 5.81. The van der Waals surface area contributed by atoms with Crippen molar-refractivity contribution in [1.29, 1.82) is 0 Å². The van der Waals surface area contributed by atoms with E-state index in [9.17, 15) is 18.0 Å². The molecule has 12 heteroatoms. The van der Waals surface area contributed by atoms with E-state index in [1.807, 2.05) is 19.1 Å². The fraction of sp³-hybridized carbons (Fsp3) is 0.333. The zero-order valence-electron chi connectivity index (χ0n) is 23.9. The number of carbonyl (C=O) groups is 1. The fourth-order valence-electron chi connectivity index (χ4n) is 5.00. The lowest BCUT2D eigenvalue weighted by Crippen LogP contribution is -2.30. The van der Waals surface area contributed by atoms with Crippen LogP contribution in [-0.2, 0) is 27.3 Å². The lowest BCUT2D eigenvalue weighted by molar-refractivity contribution is 0.0930. The molecule has 0 fully saturated rings. The highest BCUT2D eigenvalue weighted by Crippen LogP contribution is 2.50. The molecule has 3 aromatic rings. The normalized spacial score (nSPS) is 14.3. The highest BCUT2D eigenvalue weighted by Gasteiger charge is 2.30. The maximum Gasteiger partial charge on any atom is 0.264 e. The number of amides is 1. The minimum Gasteiger partial charge on any atom is -0.492 e. The minimum atomic E-state index is -3.82. The van der Waals surface area contributed by atoms with Crippen LogP contribution in [0.2, 0.25) is 0 Å². The van der Waals surface area contributed by atoms with Crippen LogP contribution >= 0.6 is 11.8 Å². The van der Waals surface area contributed by atoms with Crippen LogP contribution in [0.15, 0.2) is 52.2 Å². The van der Waals surface area contributed by atoms with E-state index in [1.54, 1.807) is 12.3 Å². The zero-order chi connectivity index (χ0) is 30.6. The summed E-state index contributed by atoms with van der Waals surface area (Å²) in [5.74, 6) is -0.277. The summed E-state index contributed by atoms with van der Waals surface area (Å²) in [6.45, 7) is 1.71. The molecule has 1 aliphatic carbocycles. The van der Waals surface area contributed by atoms with Gasteiger partial charge in [0, 0.05) is 11.1 Å². The standard InChI is InChI=1S/C30H32FNO8S2/c1-6-39-24-14-17-10-12-22(32-30(34)20-9-7-8-18(27(20)31)16-40-42(5,35)36)21-15-23(33)25(41-4)13-11-19(21)26(17)29(38-3)28(24)37-2/h7-9,11,13-15,22H,6,10,12,16H2,1-5H3,(H,32,34). The summed E-state index contributed by atoms with van der Waals surface area (Å²) < 4.78 is 60.2. The summed E-state index contributed by atoms with van der Waals surface area (Å²) in [4.78, 5) is 27.2. The van der Waals surface area contributed by atoms with Gasteiger partial charge >= 0.3 is 0 Å². The maximum atomic E-state index is 15.3. The number of benzene rings is 2. The van der Waals surface area contributed by atoms with Crippen LogP contribution in [0.5, 0.6) is 17.2 Å². The Morgan fingerprint density at radius 1 is 1.12 bits per heavy atom. The minimum absolute atomic E-state index is 0.0834. The Morgan fingerprint density at radius 3 is 2.50 bits per heavy atom. The van der Waals surface area contributed by atoms with Crippen LogP contribution < -0.4 is 25.0 Å². The Labute approximate surface area is 248 Å². The van der Waals surface area contributed by atoms with E-state index < -0.39 is 34.5 Å². The molecule has 1 amide bonds. The van der Waals surface area contributed by atoms with Crippen LogP contribution in [0.3, 0.4) is 0 Å². The highest BCUT2D eigenvalue weighted by molar-refractivity contribution is 7.98. The Balaban J connectivity index is 1.84. The van der Waals surface area contributed by atoms with E-state index in [2.05, 4.69) is 5.32 Å². The molecular weight excluding hydrogens is 585 g/mol. The smallest absolute Gasteiger partial charge is 0.264 e. The quantitative estimate of drug-likeness (QED) is 0.251. The molecule has 0 spiro atoms. The average Bonchev–Trinajstić information content (AvgIpc) is 3.19. The lowest BCUT2D eigenvalue weighted by atomic mass is 9.95. The van der Waals surface area contributed by atoms with Crippen LogP contribution in [0, 0.1) is 5.82 Å². The summed E-state index contributed by atoms with van der Waals surface area (Å²) in [7, 11) is -0.778. The number of carbonyl (C=O) groups excluding carboxylic acids is 1. The van der Waals surface area contributed by atoms with Gasteiger partial charge in [-0.25, -0.2) is 4.39 Å². The summed E-state index contributed by atoms with van der Waals surface area (Å²) >= 11 is 1.30. The second kappa shape index (κ2) is 13.1. The first kappa shape index (κ1) is 31.3. The van der Waals surface area contributed by atoms with Gasteiger partial charge in [-0.2, -0.15) is 8.42 Å². The van der Waals surface area contributed by atoms with Crippen molar-refractivity contribution in [3.05, 3.63) is 80.8 Å². The molecule has 1 unspecified atom stereocenters. The molecule has 224 valence electrons. The number of aryl methyl sites for hydroxylation is 1. The van der Waals surface area contributed by atoms with Crippen molar-refractivity contribution in [3.63, 3.8) is 0 Å². The predicted octanol–water partition coefficient (Wildman–Crippen LogP) is 4.88. The molecule has 0 heterocycles. The van der Waals surface area contributed by atoms with Crippen molar-refractivity contribution in [3.8, 4) is 28.4 Å². The molecule has 0 saturated heterocycles. The number of halogens is 1. The first-order chi connectivity index (χ1) is 20.0. The van der Waals surface area contributed by atoms with E-state index in [1.165, 1.54) is 50.2 Å². The topological polar surface area (TPSA) is 117 Å². The van der Waals surface area contributed by atoms with Crippen molar-refractivity contribution in [1.82, 2.24) is 5.32 Å². The van der Waals surface area contributed by atoms with Crippen molar-refractivity contribution in [2.45, 2.75) is 37.3 Å². The number of thioether (sulfide) groups is 1. The monoisotopic (exact) mass is 617 g/mol. The van der Waals surface area contributed by atoms with E-state index >= 15 is 4.39 Å². The molecule has 0 radical (unpaired) electrons. The average molecular weight is 618 g/mol. The largest absolute Gasteiger partial charge is 0.492 e. The molecule has 9 nitrogen and oxygen atoms in total. The van der Waals surface area contributed by atoms with Gasteiger partial charge in [0.15, 0.2) is 16.9 Å². The number of methoxy groups -OCH3 is 2. The molecule has 0 saturated carbocycles. The molecular formula is C30H32FNO8S2. The molecule has 3 aromatic carbocycles. The third-order valence-corrected chi connectivity index (χ3v) is 8.18. The first-order valence-corrected chi connectivity index (χ1v) is 16.1. The zero-order valence-corrected chi connectivity index (χ0v) is 25.5. The van der Waals surface area contributed by atoms with E-state index in [-0.39, 0.29) is 16.6 Å². The summed E-state index contributed by atoms with van der Waals surface area (Å²) in [6, 6.07) is 10.3. The number of rotatable bonds is 10. The van der Waals surface area contributed by atoms with E-state index in [0.717, 1.165) is 11.8 Å². The van der Waals surface area contributed by atoms with Gasteiger partial charge < -0.3 is 19.5 Å². The maximum absolute atomic E-state index is 15.3. The van der Waals surface area contributed by atoms with Crippen LogP contribution in [0.1, 0.15) is 46.4 Å². The third kappa shape index (κ3) is 6.55. The molecule has 0 bridgehead atoms. The molecule has 0 aliphatic heterocycles.